The third-order valence-corrected chi connectivity index (χ3v) is 4.78. The second-order valence-electron chi connectivity index (χ2n) is 5.41. The fourth-order valence-corrected chi connectivity index (χ4v) is 3.36. The van der Waals surface area contributed by atoms with Crippen LogP contribution in [0.5, 0.6) is 0 Å². The van der Waals surface area contributed by atoms with E-state index in [9.17, 15) is 9.59 Å². The van der Waals surface area contributed by atoms with Crippen molar-refractivity contribution in [1.82, 2.24) is 14.9 Å². The standard InChI is InChI=1S/C18H16ClN3O3S/c1-2-7-22-17(24)14-6-5-12(19)9-15(14)21-18(22)26-11-16(23)20-10-13-4-3-8-25-13/h2-6,8-9H,1,7,10-11H2,(H,20,23). The molecular weight excluding hydrogens is 374 g/mol. The lowest BCUT2D eigenvalue weighted by Crippen LogP contribution is -2.26. The zero-order valence-corrected chi connectivity index (χ0v) is 15.3. The summed E-state index contributed by atoms with van der Waals surface area (Å²) in [7, 11) is 0. The summed E-state index contributed by atoms with van der Waals surface area (Å²) in [5.41, 5.74) is 0.311. The summed E-state index contributed by atoms with van der Waals surface area (Å²) in [5.74, 6) is 0.610. The molecule has 0 aliphatic heterocycles. The summed E-state index contributed by atoms with van der Waals surface area (Å²) in [6.07, 6.45) is 3.17. The van der Waals surface area contributed by atoms with Gasteiger partial charge in [-0.1, -0.05) is 29.4 Å². The number of furan rings is 1. The molecule has 0 spiro atoms. The highest BCUT2D eigenvalue weighted by Gasteiger charge is 2.13. The van der Waals surface area contributed by atoms with Gasteiger partial charge in [-0.05, 0) is 30.3 Å². The Morgan fingerprint density at radius 2 is 2.27 bits per heavy atom. The van der Waals surface area contributed by atoms with Crippen LogP contribution in [0.1, 0.15) is 5.76 Å². The lowest BCUT2D eigenvalue weighted by Gasteiger charge is -2.11. The second-order valence-corrected chi connectivity index (χ2v) is 6.78. The number of nitrogens with zero attached hydrogens (tertiary/aromatic N) is 2. The summed E-state index contributed by atoms with van der Waals surface area (Å²) in [6, 6.07) is 8.48. The topological polar surface area (TPSA) is 77.1 Å². The van der Waals surface area contributed by atoms with Crippen LogP contribution in [-0.4, -0.2) is 21.2 Å². The van der Waals surface area contributed by atoms with Gasteiger partial charge in [-0.15, -0.1) is 6.58 Å². The molecule has 0 atom stereocenters. The van der Waals surface area contributed by atoms with E-state index in [1.807, 2.05) is 0 Å². The Morgan fingerprint density at radius 3 is 3.00 bits per heavy atom. The van der Waals surface area contributed by atoms with Crippen molar-refractivity contribution < 1.29 is 9.21 Å². The van der Waals surface area contributed by atoms with Gasteiger partial charge in [0.1, 0.15) is 5.76 Å². The highest BCUT2D eigenvalue weighted by atomic mass is 35.5. The smallest absolute Gasteiger partial charge is 0.262 e. The lowest BCUT2D eigenvalue weighted by molar-refractivity contribution is -0.118. The van der Waals surface area contributed by atoms with Crippen molar-refractivity contribution in [2.75, 3.05) is 5.75 Å². The predicted octanol–water partition coefficient (Wildman–Crippen LogP) is 3.24. The van der Waals surface area contributed by atoms with Crippen molar-refractivity contribution >= 4 is 40.2 Å². The van der Waals surface area contributed by atoms with Gasteiger partial charge in [0.15, 0.2) is 5.16 Å². The number of rotatable bonds is 7. The molecule has 0 saturated heterocycles. The van der Waals surface area contributed by atoms with Crippen LogP contribution in [0.4, 0.5) is 0 Å². The van der Waals surface area contributed by atoms with Crippen molar-refractivity contribution in [2.24, 2.45) is 0 Å². The Hall–Kier alpha value is -2.51. The van der Waals surface area contributed by atoms with Crippen molar-refractivity contribution in [3.8, 4) is 0 Å². The first-order valence-corrected chi connectivity index (χ1v) is 9.17. The number of benzene rings is 1. The number of hydrogen-bond donors (Lipinski definition) is 1. The van der Waals surface area contributed by atoms with Crippen LogP contribution in [0.25, 0.3) is 10.9 Å². The largest absolute Gasteiger partial charge is 0.467 e. The molecule has 1 amide bonds. The zero-order chi connectivity index (χ0) is 18.5. The van der Waals surface area contributed by atoms with E-state index in [1.165, 1.54) is 16.3 Å². The molecule has 8 heteroatoms. The molecular formula is C18H16ClN3O3S. The van der Waals surface area contributed by atoms with Gasteiger partial charge in [0, 0.05) is 11.6 Å². The summed E-state index contributed by atoms with van der Waals surface area (Å²) in [4.78, 5) is 29.2. The SMILES string of the molecule is C=CCn1c(SCC(=O)NCc2ccco2)nc2cc(Cl)ccc2c1=O. The van der Waals surface area contributed by atoms with E-state index < -0.39 is 0 Å². The molecule has 1 aromatic carbocycles. The van der Waals surface area contributed by atoms with Crippen LogP contribution in [-0.2, 0) is 17.9 Å². The molecule has 0 aliphatic rings. The van der Waals surface area contributed by atoms with Gasteiger partial charge in [0.05, 0.1) is 29.5 Å². The maximum atomic E-state index is 12.7. The minimum atomic E-state index is -0.190. The Balaban J connectivity index is 1.79. The molecule has 0 bridgehead atoms. The van der Waals surface area contributed by atoms with E-state index >= 15 is 0 Å². The summed E-state index contributed by atoms with van der Waals surface area (Å²) in [6.45, 7) is 4.30. The lowest BCUT2D eigenvalue weighted by atomic mass is 10.2. The summed E-state index contributed by atoms with van der Waals surface area (Å²) < 4.78 is 6.66. The van der Waals surface area contributed by atoms with Gasteiger partial charge in [-0.2, -0.15) is 0 Å². The number of hydrogen-bond acceptors (Lipinski definition) is 5. The molecule has 6 nitrogen and oxygen atoms in total. The van der Waals surface area contributed by atoms with Crippen molar-refractivity contribution in [3.05, 3.63) is 70.4 Å². The fraction of sp³-hybridized carbons (Fsp3) is 0.167. The van der Waals surface area contributed by atoms with Gasteiger partial charge >= 0.3 is 0 Å². The van der Waals surface area contributed by atoms with Crippen LogP contribution in [0.2, 0.25) is 5.02 Å². The van der Waals surface area contributed by atoms with Crippen molar-refractivity contribution in [1.29, 1.82) is 0 Å². The number of halogens is 1. The first-order valence-electron chi connectivity index (χ1n) is 7.81. The third kappa shape index (κ3) is 4.17. The fourth-order valence-electron chi connectivity index (χ4n) is 2.35. The average molecular weight is 390 g/mol. The minimum Gasteiger partial charge on any atom is -0.467 e. The first-order chi connectivity index (χ1) is 12.6. The van der Waals surface area contributed by atoms with E-state index in [0.717, 1.165) is 0 Å². The summed E-state index contributed by atoms with van der Waals surface area (Å²) in [5, 5.41) is 4.17. The number of fused-ring (bicyclic) bond motifs is 1. The Bertz CT molecular complexity index is 999. The highest BCUT2D eigenvalue weighted by Crippen LogP contribution is 2.20. The maximum absolute atomic E-state index is 12.7. The molecule has 134 valence electrons. The molecule has 3 rings (SSSR count). The number of carbonyl (C=O) groups excluding carboxylic acids is 1. The number of carbonyl (C=O) groups is 1. The molecule has 2 aromatic heterocycles. The quantitative estimate of drug-likeness (QED) is 0.381. The van der Waals surface area contributed by atoms with Crippen LogP contribution in [0.15, 0.2) is 63.6 Å². The van der Waals surface area contributed by atoms with Crippen LogP contribution >= 0.6 is 23.4 Å². The number of allylic oxidation sites excluding steroid dienone is 1. The Kier molecular flexibility index (Phi) is 5.80. The van der Waals surface area contributed by atoms with E-state index in [-0.39, 0.29) is 17.2 Å². The zero-order valence-electron chi connectivity index (χ0n) is 13.8. The molecule has 26 heavy (non-hydrogen) atoms. The van der Waals surface area contributed by atoms with E-state index in [0.29, 0.717) is 39.9 Å². The van der Waals surface area contributed by atoms with Crippen molar-refractivity contribution in [2.45, 2.75) is 18.2 Å². The van der Waals surface area contributed by atoms with Gasteiger partial charge < -0.3 is 9.73 Å². The van der Waals surface area contributed by atoms with E-state index in [1.54, 1.807) is 42.7 Å². The summed E-state index contributed by atoms with van der Waals surface area (Å²) >= 11 is 7.18. The molecule has 0 saturated carbocycles. The third-order valence-electron chi connectivity index (χ3n) is 3.57. The molecule has 1 N–H and O–H groups in total. The molecule has 2 heterocycles. The monoisotopic (exact) mass is 389 g/mol. The predicted molar refractivity (Wildman–Crippen MR) is 102 cm³/mol. The average Bonchev–Trinajstić information content (AvgIpc) is 3.14. The number of nitrogens with one attached hydrogen (secondary N) is 1. The molecule has 3 aromatic rings. The number of thioether (sulfide) groups is 1. The number of amides is 1. The Labute approximate surface area is 158 Å². The molecule has 0 unspecified atom stereocenters. The first kappa shape index (κ1) is 18.3. The second kappa shape index (κ2) is 8.25. The van der Waals surface area contributed by atoms with E-state index in [2.05, 4.69) is 16.9 Å². The van der Waals surface area contributed by atoms with Crippen LogP contribution in [0, 0.1) is 0 Å². The molecule has 0 radical (unpaired) electrons. The van der Waals surface area contributed by atoms with Gasteiger partial charge in [-0.25, -0.2) is 4.98 Å². The minimum absolute atomic E-state index is 0.121. The van der Waals surface area contributed by atoms with Crippen LogP contribution < -0.4 is 10.9 Å². The molecule has 0 fully saturated rings. The van der Waals surface area contributed by atoms with E-state index in [4.69, 9.17) is 16.0 Å². The van der Waals surface area contributed by atoms with Crippen molar-refractivity contribution in [3.63, 3.8) is 0 Å². The normalized spacial score (nSPS) is 10.8. The highest BCUT2D eigenvalue weighted by molar-refractivity contribution is 7.99. The van der Waals surface area contributed by atoms with Crippen LogP contribution in [0.3, 0.4) is 0 Å². The Morgan fingerprint density at radius 1 is 1.42 bits per heavy atom. The number of aromatic nitrogens is 2. The molecule has 0 aliphatic carbocycles. The van der Waals surface area contributed by atoms with Gasteiger partial charge in [0.25, 0.3) is 5.56 Å². The van der Waals surface area contributed by atoms with Gasteiger partial charge in [-0.3, -0.25) is 14.2 Å². The maximum Gasteiger partial charge on any atom is 0.262 e. The van der Waals surface area contributed by atoms with Gasteiger partial charge in [0.2, 0.25) is 5.91 Å².